The van der Waals surface area contributed by atoms with E-state index in [9.17, 15) is 9.59 Å². The van der Waals surface area contributed by atoms with E-state index in [2.05, 4.69) is 15.6 Å². The van der Waals surface area contributed by atoms with Gasteiger partial charge in [0, 0.05) is 18.3 Å². The van der Waals surface area contributed by atoms with Crippen molar-refractivity contribution in [2.45, 2.75) is 20.8 Å². The van der Waals surface area contributed by atoms with Crippen LogP contribution in [0.25, 0.3) is 0 Å². The first-order chi connectivity index (χ1) is 11.9. The van der Waals surface area contributed by atoms with Crippen LogP contribution in [0.15, 0.2) is 45.2 Å². The maximum Gasteiger partial charge on any atom is 0.293 e. The van der Waals surface area contributed by atoms with E-state index in [1.165, 1.54) is 0 Å². The molecule has 0 radical (unpaired) electrons. The van der Waals surface area contributed by atoms with Crippen molar-refractivity contribution in [1.29, 1.82) is 0 Å². The quantitative estimate of drug-likeness (QED) is 0.755. The van der Waals surface area contributed by atoms with Crippen LogP contribution in [0.2, 0.25) is 0 Å². The predicted molar refractivity (Wildman–Crippen MR) is 91.8 cm³/mol. The van der Waals surface area contributed by atoms with Crippen LogP contribution in [0.3, 0.4) is 0 Å². The van der Waals surface area contributed by atoms with Crippen molar-refractivity contribution in [3.63, 3.8) is 0 Å². The molecular weight excluding hydrogens is 322 g/mol. The van der Waals surface area contributed by atoms with E-state index in [1.54, 1.807) is 57.2 Å². The smallest absolute Gasteiger partial charge is 0.293 e. The van der Waals surface area contributed by atoms with Gasteiger partial charge in [-0.3, -0.25) is 9.59 Å². The summed E-state index contributed by atoms with van der Waals surface area (Å²) in [7, 11) is 0. The lowest BCUT2D eigenvalue weighted by Gasteiger charge is -2.06. The van der Waals surface area contributed by atoms with E-state index in [-0.39, 0.29) is 23.3 Å². The first-order valence-electron chi connectivity index (χ1n) is 7.65. The van der Waals surface area contributed by atoms with Gasteiger partial charge in [-0.15, -0.1) is 0 Å². The van der Waals surface area contributed by atoms with Crippen molar-refractivity contribution in [1.82, 2.24) is 4.98 Å². The van der Waals surface area contributed by atoms with Gasteiger partial charge < -0.3 is 19.5 Å². The molecule has 25 heavy (non-hydrogen) atoms. The van der Waals surface area contributed by atoms with E-state index in [0.29, 0.717) is 28.7 Å². The minimum Gasteiger partial charge on any atom is -0.456 e. The fourth-order valence-electron chi connectivity index (χ4n) is 2.32. The lowest BCUT2D eigenvalue weighted by atomic mass is 10.2. The molecule has 2 amide bonds. The van der Waals surface area contributed by atoms with Crippen LogP contribution in [-0.4, -0.2) is 16.8 Å². The number of carbonyl (C=O) groups is 2. The third kappa shape index (κ3) is 3.77. The highest BCUT2D eigenvalue weighted by molar-refractivity contribution is 6.04. The first-order valence-corrected chi connectivity index (χ1v) is 7.65. The summed E-state index contributed by atoms with van der Waals surface area (Å²) < 4.78 is 10.6. The van der Waals surface area contributed by atoms with Crippen LogP contribution in [-0.2, 0) is 0 Å². The highest BCUT2D eigenvalue weighted by atomic mass is 16.4. The minimum absolute atomic E-state index is 0.183. The summed E-state index contributed by atoms with van der Waals surface area (Å²) in [6, 6.07) is 10.1. The Morgan fingerprint density at radius 1 is 0.840 bits per heavy atom. The zero-order valence-electron chi connectivity index (χ0n) is 14.0. The van der Waals surface area contributed by atoms with Crippen molar-refractivity contribution in [2.24, 2.45) is 0 Å². The molecule has 7 heteroatoms. The van der Waals surface area contributed by atoms with Crippen LogP contribution in [0, 0.1) is 20.8 Å². The van der Waals surface area contributed by atoms with Crippen molar-refractivity contribution in [3.8, 4) is 0 Å². The Balaban J connectivity index is 1.65. The summed E-state index contributed by atoms with van der Waals surface area (Å²) in [6.45, 7) is 5.16. The van der Waals surface area contributed by atoms with Gasteiger partial charge in [-0.05, 0) is 50.2 Å². The summed E-state index contributed by atoms with van der Waals surface area (Å²) >= 11 is 0. The Hall–Kier alpha value is -3.35. The molecule has 3 rings (SSSR count). The second-order valence-electron chi connectivity index (χ2n) is 5.54. The molecule has 0 aliphatic rings. The van der Waals surface area contributed by atoms with Crippen LogP contribution in [0.1, 0.15) is 38.5 Å². The number of hydrogen-bond donors (Lipinski definition) is 2. The number of aromatic nitrogens is 1. The maximum absolute atomic E-state index is 12.2. The third-order valence-electron chi connectivity index (χ3n) is 3.47. The molecule has 0 saturated carbocycles. The summed E-state index contributed by atoms with van der Waals surface area (Å²) in [6.07, 6.45) is 0. The van der Waals surface area contributed by atoms with Crippen LogP contribution < -0.4 is 10.6 Å². The Kier molecular flexibility index (Phi) is 4.38. The molecule has 0 aliphatic heterocycles. The van der Waals surface area contributed by atoms with E-state index in [0.717, 1.165) is 0 Å². The average molecular weight is 339 g/mol. The molecule has 0 spiro atoms. The summed E-state index contributed by atoms with van der Waals surface area (Å²) in [5.41, 5.74) is 1.70. The molecule has 0 aliphatic carbocycles. The minimum atomic E-state index is -0.374. The number of rotatable bonds is 4. The molecule has 0 bridgehead atoms. The highest BCUT2D eigenvalue weighted by Gasteiger charge is 2.16. The number of benzene rings is 1. The second-order valence-corrected chi connectivity index (χ2v) is 5.54. The van der Waals surface area contributed by atoms with Gasteiger partial charge in [0.2, 0.25) is 5.76 Å². The Morgan fingerprint density at radius 3 is 1.92 bits per heavy atom. The molecule has 0 unspecified atom stereocenters. The lowest BCUT2D eigenvalue weighted by molar-refractivity contribution is 0.0987. The monoisotopic (exact) mass is 339 g/mol. The van der Waals surface area contributed by atoms with Crippen molar-refractivity contribution < 1.29 is 18.4 Å². The molecule has 2 heterocycles. The fraction of sp³-hybridized carbons (Fsp3) is 0.167. The van der Waals surface area contributed by atoms with Gasteiger partial charge in [0.15, 0.2) is 11.7 Å². The van der Waals surface area contributed by atoms with E-state index >= 15 is 0 Å². The average Bonchev–Trinajstić information content (AvgIpc) is 3.14. The number of nitrogens with one attached hydrogen (secondary N) is 2. The van der Waals surface area contributed by atoms with Gasteiger partial charge in [-0.2, -0.15) is 0 Å². The topological polar surface area (TPSA) is 97.4 Å². The Bertz CT molecular complexity index is 922. The van der Waals surface area contributed by atoms with Gasteiger partial charge in [0.25, 0.3) is 11.8 Å². The molecule has 128 valence electrons. The zero-order chi connectivity index (χ0) is 18.0. The molecule has 0 fully saturated rings. The molecule has 1 aromatic carbocycles. The fourth-order valence-corrected chi connectivity index (χ4v) is 2.32. The largest absolute Gasteiger partial charge is 0.456 e. The summed E-state index contributed by atoms with van der Waals surface area (Å²) in [4.78, 5) is 28.3. The zero-order valence-corrected chi connectivity index (χ0v) is 14.0. The molecule has 3 aromatic rings. The first kappa shape index (κ1) is 16.5. The van der Waals surface area contributed by atoms with Gasteiger partial charge >= 0.3 is 0 Å². The van der Waals surface area contributed by atoms with Gasteiger partial charge in [-0.1, -0.05) is 0 Å². The van der Waals surface area contributed by atoms with Gasteiger partial charge in [0.05, 0.1) is 5.69 Å². The van der Waals surface area contributed by atoms with Crippen molar-refractivity contribution in [2.75, 3.05) is 10.6 Å². The maximum atomic E-state index is 12.2. The van der Waals surface area contributed by atoms with Crippen LogP contribution in [0.5, 0.6) is 0 Å². The summed E-state index contributed by atoms with van der Waals surface area (Å²) in [5.74, 6) is 0.822. The van der Waals surface area contributed by atoms with E-state index in [1.807, 2.05) is 0 Å². The summed E-state index contributed by atoms with van der Waals surface area (Å²) in [5, 5.41) is 5.45. The normalized spacial score (nSPS) is 10.5. The van der Waals surface area contributed by atoms with E-state index in [4.69, 9.17) is 8.83 Å². The van der Waals surface area contributed by atoms with Crippen LogP contribution >= 0.6 is 0 Å². The number of carbonyl (C=O) groups excluding carboxylic acids is 2. The number of aryl methyl sites for hydroxylation is 3. The van der Waals surface area contributed by atoms with Crippen LogP contribution in [0.4, 0.5) is 11.4 Å². The standard InChI is InChI=1S/C18H17N3O4/c1-10-4-9-15(24-10)17(22)20-13-5-7-14(8-6-13)21-18(23)16-11(2)19-12(3)25-16/h4-9H,1-3H3,(H,20,22)(H,21,23). The highest BCUT2D eigenvalue weighted by Crippen LogP contribution is 2.17. The van der Waals surface area contributed by atoms with Crippen molar-refractivity contribution >= 4 is 23.2 Å². The number of nitrogens with zero attached hydrogens (tertiary/aromatic N) is 1. The number of furan rings is 1. The number of amides is 2. The predicted octanol–water partition coefficient (Wildman–Crippen LogP) is 3.70. The van der Waals surface area contributed by atoms with Gasteiger partial charge in [0.1, 0.15) is 5.76 Å². The molecule has 7 nitrogen and oxygen atoms in total. The lowest BCUT2D eigenvalue weighted by Crippen LogP contribution is -2.13. The Morgan fingerprint density at radius 2 is 1.44 bits per heavy atom. The van der Waals surface area contributed by atoms with Gasteiger partial charge in [-0.25, -0.2) is 4.98 Å². The van der Waals surface area contributed by atoms with Crippen molar-refractivity contribution in [3.05, 3.63) is 65.3 Å². The number of oxazole rings is 1. The molecule has 0 atom stereocenters. The Labute approximate surface area is 144 Å². The third-order valence-corrected chi connectivity index (χ3v) is 3.47. The second kappa shape index (κ2) is 6.64. The molecular formula is C18H17N3O4. The molecule has 2 aromatic heterocycles. The molecule has 0 saturated heterocycles. The number of anilines is 2. The SMILES string of the molecule is Cc1ccc(C(=O)Nc2ccc(NC(=O)c3oc(C)nc3C)cc2)o1. The molecule has 2 N–H and O–H groups in total. The number of hydrogen-bond acceptors (Lipinski definition) is 5. The van der Waals surface area contributed by atoms with E-state index < -0.39 is 0 Å².